The Morgan fingerprint density at radius 3 is 2.21 bits per heavy atom. The van der Waals surface area contributed by atoms with E-state index in [0.717, 1.165) is 37.7 Å². The Labute approximate surface area is 119 Å². The molecular weight excluding hydrogens is 284 g/mol. The van der Waals surface area contributed by atoms with Crippen LogP contribution in [-0.2, 0) is 14.6 Å². The predicted molar refractivity (Wildman–Crippen MR) is 75.8 cm³/mol. The van der Waals surface area contributed by atoms with Crippen molar-refractivity contribution in [3.8, 4) is 0 Å². The molecule has 0 aromatic heterocycles. The highest BCUT2D eigenvalue weighted by Gasteiger charge is 2.26. The van der Waals surface area contributed by atoms with E-state index in [-0.39, 0.29) is 9.99 Å². The van der Waals surface area contributed by atoms with E-state index in [1.54, 1.807) is 12.1 Å². The van der Waals surface area contributed by atoms with Crippen molar-refractivity contribution < 1.29 is 13.2 Å². The van der Waals surface area contributed by atoms with Crippen LogP contribution >= 0.6 is 11.6 Å². The van der Waals surface area contributed by atoms with Crippen molar-refractivity contribution in [1.82, 2.24) is 0 Å². The van der Waals surface area contributed by atoms with Gasteiger partial charge in [-0.1, -0.05) is 18.0 Å². The summed E-state index contributed by atoms with van der Waals surface area (Å²) in [6.45, 7) is 0. The summed E-state index contributed by atoms with van der Waals surface area (Å²) in [5, 5.41) is 0.637. The zero-order valence-corrected chi connectivity index (χ0v) is 12.4. The van der Waals surface area contributed by atoms with E-state index >= 15 is 0 Å². The van der Waals surface area contributed by atoms with Gasteiger partial charge in [0.2, 0.25) is 14.9 Å². The monoisotopic (exact) mass is 300 g/mol. The van der Waals surface area contributed by atoms with Crippen molar-refractivity contribution in [1.29, 1.82) is 0 Å². The van der Waals surface area contributed by atoms with E-state index < -0.39 is 9.84 Å². The Bertz CT molecular complexity index is 565. The molecule has 0 saturated heterocycles. The molecule has 1 aliphatic rings. The first kappa shape index (κ1) is 14.4. The van der Waals surface area contributed by atoms with Crippen molar-refractivity contribution in [2.45, 2.75) is 37.0 Å². The summed E-state index contributed by atoms with van der Waals surface area (Å²) in [6, 6.07) is 6.18. The standard InChI is InChI=1S/C14H17ClO3S/c1-18-14(11-5-3-2-4-6-11)19(16,17)13-9-7-12(15)8-10-13/h7-10H,2-6H2,1H3. The average Bonchev–Trinajstić information content (AvgIpc) is 2.41. The third-order valence-electron chi connectivity index (χ3n) is 3.30. The fourth-order valence-corrected chi connectivity index (χ4v) is 3.99. The number of ether oxygens (including phenoxy) is 1. The molecule has 3 nitrogen and oxygen atoms in total. The number of methoxy groups -OCH3 is 1. The highest BCUT2D eigenvalue weighted by atomic mass is 35.5. The smallest absolute Gasteiger partial charge is 0.238 e. The summed E-state index contributed by atoms with van der Waals surface area (Å²) in [5.41, 5.74) is 0.906. The van der Waals surface area contributed by atoms with Gasteiger partial charge in [0.05, 0.1) is 12.0 Å². The Kier molecular flexibility index (Phi) is 4.53. The summed E-state index contributed by atoms with van der Waals surface area (Å²) in [6.07, 6.45) is 4.81. The molecule has 5 heteroatoms. The third kappa shape index (κ3) is 3.12. The van der Waals surface area contributed by atoms with Crippen LogP contribution in [0.2, 0.25) is 5.02 Å². The molecule has 0 bridgehead atoms. The zero-order valence-electron chi connectivity index (χ0n) is 10.9. The zero-order chi connectivity index (χ0) is 13.9. The van der Waals surface area contributed by atoms with Crippen LogP contribution in [0, 0.1) is 0 Å². The van der Waals surface area contributed by atoms with E-state index in [9.17, 15) is 8.42 Å². The van der Waals surface area contributed by atoms with Crippen LogP contribution < -0.4 is 0 Å². The normalized spacial score (nSPS) is 16.2. The van der Waals surface area contributed by atoms with E-state index in [1.165, 1.54) is 19.2 Å². The highest BCUT2D eigenvalue weighted by molar-refractivity contribution is 7.95. The number of halogens is 1. The van der Waals surface area contributed by atoms with Gasteiger partial charge < -0.3 is 4.74 Å². The van der Waals surface area contributed by atoms with Gasteiger partial charge >= 0.3 is 0 Å². The minimum Gasteiger partial charge on any atom is -0.486 e. The topological polar surface area (TPSA) is 43.4 Å². The van der Waals surface area contributed by atoms with Crippen molar-refractivity contribution in [3.05, 3.63) is 40.0 Å². The third-order valence-corrected chi connectivity index (χ3v) is 5.39. The summed E-state index contributed by atoms with van der Waals surface area (Å²) in [5.74, 6) is 0. The fourth-order valence-electron chi connectivity index (χ4n) is 2.35. The van der Waals surface area contributed by atoms with Gasteiger partial charge in [0.25, 0.3) is 0 Å². The molecule has 0 N–H and O–H groups in total. The molecule has 1 aliphatic carbocycles. The molecule has 2 rings (SSSR count). The molecule has 0 heterocycles. The van der Waals surface area contributed by atoms with Crippen molar-refractivity contribution >= 4 is 21.4 Å². The summed E-state index contributed by atoms with van der Waals surface area (Å²) >= 11 is 5.79. The lowest BCUT2D eigenvalue weighted by Crippen LogP contribution is -2.11. The van der Waals surface area contributed by atoms with Crippen LogP contribution in [-0.4, -0.2) is 15.5 Å². The van der Waals surface area contributed by atoms with Crippen LogP contribution in [0.3, 0.4) is 0 Å². The van der Waals surface area contributed by atoms with E-state index in [2.05, 4.69) is 0 Å². The van der Waals surface area contributed by atoms with Crippen LogP contribution in [0.4, 0.5) is 0 Å². The van der Waals surface area contributed by atoms with E-state index in [1.807, 2.05) is 0 Å². The van der Waals surface area contributed by atoms with Crippen LogP contribution in [0.15, 0.2) is 39.8 Å². The quantitative estimate of drug-likeness (QED) is 0.794. The number of hydrogen-bond acceptors (Lipinski definition) is 3. The molecule has 1 aromatic carbocycles. The second-order valence-corrected chi connectivity index (χ2v) is 6.90. The number of allylic oxidation sites excluding steroid dienone is 1. The lowest BCUT2D eigenvalue weighted by atomic mass is 9.96. The predicted octanol–water partition coefficient (Wildman–Crippen LogP) is 3.94. The maximum atomic E-state index is 12.5. The van der Waals surface area contributed by atoms with Gasteiger partial charge in [-0.3, -0.25) is 0 Å². The molecule has 0 spiro atoms. The first-order chi connectivity index (χ1) is 9.05. The molecule has 0 aliphatic heterocycles. The number of sulfone groups is 1. The second kappa shape index (κ2) is 5.97. The van der Waals surface area contributed by atoms with Crippen LogP contribution in [0.25, 0.3) is 0 Å². The molecule has 0 radical (unpaired) electrons. The minimum absolute atomic E-state index is 0.120. The molecule has 0 amide bonds. The van der Waals surface area contributed by atoms with E-state index in [4.69, 9.17) is 16.3 Å². The number of benzene rings is 1. The van der Waals surface area contributed by atoms with Crippen molar-refractivity contribution in [2.75, 3.05) is 7.11 Å². The highest BCUT2D eigenvalue weighted by Crippen LogP contribution is 2.31. The number of rotatable bonds is 3. The maximum Gasteiger partial charge on any atom is 0.238 e. The minimum atomic E-state index is -3.57. The Morgan fingerprint density at radius 2 is 1.68 bits per heavy atom. The SMILES string of the molecule is COC(=C1CCCCC1)S(=O)(=O)c1ccc(Cl)cc1. The van der Waals surface area contributed by atoms with Gasteiger partial charge in [0.15, 0.2) is 0 Å². The largest absolute Gasteiger partial charge is 0.486 e. The van der Waals surface area contributed by atoms with Gasteiger partial charge in [-0.2, -0.15) is 0 Å². The number of hydrogen-bond donors (Lipinski definition) is 0. The molecule has 0 unspecified atom stereocenters. The molecule has 1 saturated carbocycles. The molecule has 1 aromatic rings. The van der Waals surface area contributed by atoms with Crippen molar-refractivity contribution in [3.63, 3.8) is 0 Å². The Hall–Kier alpha value is -1.00. The van der Waals surface area contributed by atoms with Crippen LogP contribution in [0.1, 0.15) is 32.1 Å². The van der Waals surface area contributed by atoms with Gasteiger partial charge in [-0.05, 0) is 55.5 Å². The van der Waals surface area contributed by atoms with Crippen LogP contribution in [0.5, 0.6) is 0 Å². The maximum absolute atomic E-state index is 12.5. The Morgan fingerprint density at radius 1 is 1.11 bits per heavy atom. The second-order valence-electron chi connectivity index (χ2n) is 4.61. The Balaban J connectivity index is 2.44. The summed E-state index contributed by atoms with van der Waals surface area (Å²) < 4.78 is 30.3. The van der Waals surface area contributed by atoms with Gasteiger partial charge in [-0.25, -0.2) is 8.42 Å². The average molecular weight is 301 g/mol. The molecular formula is C14H17ClO3S. The van der Waals surface area contributed by atoms with Crippen molar-refractivity contribution in [2.24, 2.45) is 0 Å². The molecule has 0 atom stereocenters. The van der Waals surface area contributed by atoms with Gasteiger partial charge in [0.1, 0.15) is 0 Å². The fraction of sp³-hybridized carbons (Fsp3) is 0.429. The lowest BCUT2D eigenvalue weighted by Gasteiger charge is -2.18. The summed E-state index contributed by atoms with van der Waals surface area (Å²) in [7, 11) is -2.15. The first-order valence-electron chi connectivity index (χ1n) is 6.32. The molecule has 1 fully saturated rings. The van der Waals surface area contributed by atoms with Gasteiger partial charge in [-0.15, -0.1) is 0 Å². The van der Waals surface area contributed by atoms with E-state index in [0.29, 0.717) is 5.02 Å². The molecule has 104 valence electrons. The van der Waals surface area contributed by atoms with Gasteiger partial charge in [0, 0.05) is 5.02 Å². The summed E-state index contributed by atoms with van der Waals surface area (Å²) in [4.78, 5) is 0.229. The lowest BCUT2D eigenvalue weighted by molar-refractivity contribution is 0.307. The molecule has 19 heavy (non-hydrogen) atoms. The first-order valence-corrected chi connectivity index (χ1v) is 8.18.